The maximum absolute atomic E-state index is 5.73. The van der Waals surface area contributed by atoms with E-state index in [-0.39, 0.29) is 6.29 Å². The second kappa shape index (κ2) is 5.16. The van der Waals surface area contributed by atoms with Crippen LogP contribution in [0.3, 0.4) is 0 Å². The molecule has 0 aromatic carbocycles. The van der Waals surface area contributed by atoms with Crippen molar-refractivity contribution in [2.75, 3.05) is 12.8 Å². The van der Waals surface area contributed by atoms with Gasteiger partial charge < -0.3 is 9.47 Å². The molecule has 0 radical (unpaired) electrons. The summed E-state index contributed by atoms with van der Waals surface area (Å²) < 4.78 is 11.4. The van der Waals surface area contributed by atoms with E-state index in [0.717, 1.165) is 27.6 Å². The van der Waals surface area contributed by atoms with Gasteiger partial charge in [0.15, 0.2) is 6.29 Å². The first kappa shape index (κ1) is 10.4. The van der Waals surface area contributed by atoms with Crippen LogP contribution in [0.4, 0.5) is 0 Å². The van der Waals surface area contributed by atoms with Gasteiger partial charge in [-0.3, -0.25) is 0 Å². The van der Waals surface area contributed by atoms with Crippen molar-refractivity contribution in [3.63, 3.8) is 0 Å². The second-order valence-corrected chi connectivity index (χ2v) is 4.45. The Hall–Kier alpha value is 0.350. The summed E-state index contributed by atoms with van der Waals surface area (Å²) in [5, 5.41) is 0. The van der Waals surface area contributed by atoms with Crippen LogP contribution < -0.4 is 0 Å². The molecule has 0 N–H and O–H groups in total. The highest BCUT2D eigenvalue weighted by atomic mass is 31.1. The van der Waals surface area contributed by atoms with E-state index in [0.29, 0.717) is 12.2 Å². The lowest BCUT2D eigenvalue weighted by Gasteiger charge is -2.33. The van der Waals surface area contributed by atoms with Gasteiger partial charge in [-0.2, -0.15) is 0 Å². The fourth-order valence-corrected chi connectivity index (χ4v) is 2.04. The summed E-state index contributed by atoms with van der Waals surface area (Å²) in [6.45, 7) is 6.50. The monoisotopic (exact) mass is 190 g/mol. The number of ether oxygens (including phenoxy) is 2. The van der Waals surface area contributed by atoms with E-state index in [1.165, 1.54) is 0 Å². The van der Waals surface area contributed by atoms with E-state index in [2.05, 4.69) is 20.5 Å². The number of rotatable bonds is 3. The molecular weight excluding hydrogens is 171 g/mol. The molecule has 1 aliphatic heterocycles. The summed E-state index contributed by atoms with van der Waals surface area (Å²) in [5.41, 5.74) is 0. The minimum absolute atomic E-state index is 0.0713. The molecule has 2 nitrogen and oxygen atoms in total. The highest BCUT2D eigenvalue weighted by Gasteiger charge is 2.25. The van der Waals surface area contributed by atoms with Gasteiger partial charge in [-0.1, -0.05) is 6.92 Å². The maximum Gasteiger partial charge on any atom is 0.161 e. The number of hydrogen-bond donors (Lipinski definition) is 0. The summed E-state index contributed by atoms with van der Waals surface area (Å²) in [6, 6.07) is 0. The van der Waals surface area contributed by atoms with Crippen molar-refractivity contribution < 1.29 is 9.47 Å². The van der Waals surface area contributed by atoms with Crippen molar-refractivity contribution in [3.05, 3.63) is 0 Å². The van der Waals surface area contributed by atoms with E-state index in [4.69, 9.17) is 9.47 Å². The van der Waals surface area contributed by atoms with Gasteiger partial charge in [-0.15, -0.1) is 8.58 Å². The Labute approximate surface area is 76.8 Å². The average molecular weight is 190 g/mol. The highest BCUT2D eigenvalue weighted by molar-refractivity contribution is 7.37. The minimum atomic E-state index is 0.0713. The maximum atomic E-state index is 5.73. The topological polar surface area (TPSA) is 18.5 Å². The van der Waals surface area contributed by atoms with Crippen molar-refractivity contribution in [3.8, 4) is 0 Å². The van der Waals surface area contributed by atoms with Crippen LogP contribution >= 0.6 is 8.58 Å². The first-order valence-electron chi connectivity index (χ1n) is 4.71. The summed E-state index contributed by atoms with van der Waals surface area (Å²) in [7, 11) is 0.919. The molecule has 12 heavy (non-hydrogen) atoms. The lowest BCUT2D eigenvalue weighted by molar-refractivity contribution is -0.227. The zero-order valence-corrected chi connectivity index (χ0v) is 9.17. The molecule has 1 aliphatic rings. The van der Waals surface area contributed by atoms with Crippen LogP contribution in [-0.4, -0.2) is 31.3 Å². The molecule has 4 atom stereocenters. The van der Waals surface area contributed by atoms with E-state index in [1.54, 1.807) is 0 Å². The molecule has 1 fully saturated rings. The Morgan fingerprint density at radius 2 is 2.17 bits per heavy atom. The molecule has 0 aromatic heterocycles. The van der Waals surface area contributed by atoms with Crippen LogP contribution in [0, 0.1) is 0 Å². The summed E-state index contributed by atoms with van der Waals surface area (Å²) in [5.74, 6) is 0. The second-order valence-electron chi connectivity index (χ2n) is 3.34. The summed E-state index contributed by atoms with van der Waals surface area (Å²) in [4.78, 5) is 0. The largest absolute Gasteiger partial charge is 0.349 e. The van der Waals surface area contributed by atoms with Crippen LogP contribution in [0.25, 0.3) is 0 Å². The smallest absolute Gasteiger partial charge is 0.161 e. The predicted octanol–water partition coefficient (Wildman–Crippen LogP) is 2.22. The lowest BCUT2D eigenvalue weighted by atomic mass is 10.1. The fraction of sp³-hybridized carbons (Fsp3) is 1.00. The predicted molar refractivity (Wildman–Crippen MR) is 53.2 cm³/mol. The third-order valence-electron chi connectivity index (χ3n) is 2.15. The van der Waals surface area contributed by atoms with E-state index in [9.17, 15) is 0 Å². The average Bonchev–Trinajstić information content (AvgIpc) is 2.04. The fourth-order valence-electron chi connectivity index (χ4n) is 1.51. The molecule has 0 bridgehead atoms. The third kappa shape index (κ3) is 3.01. The van der Waals surface area contributed by atoms with Crippen LogP contribution in [-0.2, 0) is 9.47 Å². The Kier molecular flexibility index (Phi) is 4.49. The standard InChI is InChI=1S/C9H19O2P/c1-4-8-5-7(2)10-9(11-8)6-12-3/h7-9,12H,4-6H2,1-3H3. The molecule has 1 rings (SSSR count). The van der Waals surface area contributed by atoms with Gasteiger partial charge in [0.05, 0.1) is 12.2 Å². The first-order valence-corrected chi connectivity index (χ1v) is 6.42. The zero-order valence-electron chi connectivity index (χ0n) is 8.17. The molecule has 1 saturated heterocycles. The molecule has 72 valence electrons. The minimum Gasteiger partial charge on any atom is -0.349 e. The van der Waals surface area contributed by atoms with Gasteiger partial charge in [0.2, 0.25) is 0 Å². The van der Waals surface area contributed by atoms with Crippen molar-refractivity contribution in [1.29, 1.82) is 0 Å². The molecule has 4 unspecified atom stereocenters. The van der Waals surface area contributed by atoms with E-state index in [1.807, 2.05) is 0 Å². The Balaban J connectivity index is 2.34. The number of hydrogen-bond acceptors (Lipinski definition) is 2. The molecular formula is C9H19O2P. The summed E-state index contributed by atoms with van der Waals surface area (Å²) >= 11 is 0. The van der Waals surface area contributed by atoms with Crippen molar-refractivity contribution >= 4 is 8.58 Å². The van der Waals surface area contributed by atoms with Crippen LogP contribution in [0.15, 0.2) is 0 Å². The molecule has 0 aromatic rings. The van der Waals surface area contributed by atoms with Gasteiger partial charge in [-0.25, -0.2) is 0 Å². The molecule has 0 saturated carbocycles. The van der Waals surface area contributed by atoms with E-state index >= 15 is 0 Å². The van der Waals surface area contributed by atoms with Gasteiger partial charge in [0.1, 0.15) is 0 Å². The van der Waals surface area contributed by atoms with Gasteiger partial charge in [-0.05, 0) is 26.4 Å². The molecule has 0 amide bonds. The molecule has 0 aliphatic carbocycles. The lowest BCUT2D eigenvalue weighted by Crippen LogP contribution is -2.37. The van der Waals surface area contributed by atoms with E-state index < -0.39 is 0 Å². The third-order valence-corrected chi connectivity index (χ3v) is 2.89. The van der Waals surface area contributed by atoms with Crippen LogP contribution in [0.5, 0.6) is 0 Å². The quantitative estimate of drug-likeness (QED) is 0.635. The summed E-state index contributed by atoms with van der Waals surface area (Å²) in [6.07, 6.45) is 4.10. The van der Waals surface area contributed by atoms with Crippen molar-refractivity contribution in [1.82, 2.24) is 0 Å². The van der Waals surface area contributed by atoms with Gasteiger partial charge in [0.25, 0.3) is 0 Å². The van der Waals surface area contributed by atoms with Crippen LogP contribution in [0.1, 0.15) is 26.7 Å². The Bertz CT molecular complexity index is 130. The normalized spacial score (nSPS) is 37.8. The zero-order chi connectivity index (χ0) is 8.97. The van der Waals surface area contributed by atoms with Crippen molar-refractivity contribution in [2.24, 2.45) is 0 Å². The molecule has 0 spiro atoms. The SMILES string of the molecule is CCC1CC(C)OC(CPC)O1. The van der Waals surface area contributed by atoms with Crippen molar-refractivity contribution in [2.45, 2.75) is 45.2 Å². The Morgan fingerprint density at radius 1 is 1.42 bits per heavy atom. The van der Waals surface area contributed by atoms with Crippen LogP contribution in [0.2, 0.25) is 0 Å². The van der Waals surface area contributed by atoms with Gasteiger partial charge >= 0.3 is 0 Å². The highest BCUT2D eigenvalue weighted by Crippen LogP contribution is 2.23. The first-order chi connectivity index (χ1) is 5.76. The Morgan fingerprint density at radius 3 is 2.75 bits per heavy atom. The van der Waals surface area contributed by atoms with Gasteiger partial charge in [0, 0.05) is 6.16 Å². The molecule has 3 heteroatoms. The molecule has 1 heterocycles.